The molecule has 0 spiro atoms. The van der Waals surface area contributed by atoms with Crippen LogP contribution in [0.1, 0.15) is 33.6 Å². The smallest absolute Gasteiger partial charge is 0.255 e. The summed E-state index contributed by atoms with van der Waals surface area (Å²) in [5, 5.41) is 6.84. The van der Waals surface area contributed by atoms with E-state index in [9.17, 15) is 9.59 Å². The van der Waals surface area contributed by atoms with Crippen LogP contribution >= 0.6 is 11.6 Å². The zero-order valence-corrected chi connectivity index (χ0v) is 23.1. The number of ether oxygens (including phenoxy) is 3. The number of carbonyl (C=O) groups is 2. The number of nitrogens with zero attached hydrogens (tertiary/aromatic N) is 2. The second kappa shape index (κ2) is 12.0. The number of benzene rings is 3. The molecule has 1 saturated heterocycles. The number of nitrogens with one attached hydrogen (secondary N) is 2. The van der Waals surface area contributed by atoms with Crippen LogP contribution in [0.15, 0.2) is 66.7 Å². The van der Waals surface area contributed by atoms with Gasteiger partial charge in [-0.2, -0.15) is 0 Å². The number of rotatable bonds is 8. The third kappa shape index (κ3) is 6.37. The van der Waals surface area contributed by atoms with E-state index < -0.39 is 0 Å². The lowest BCUT2D eigenvalue weighted by Gasteiger charge is -2.18. The first-order chi connectivity index (χ1) is 20.0. The van der Waals surface area contributed by atoms with E-state index in [1.54, 1.807) is 54.6 Å². The number of halogens is 1. The molecular formula is C31H29ClN4O5. The van der Waals surface area contributed by atoms with E-state index in [-0.39, 0.29) is 11.8 Å². The molecule has 2 N–H and O–H groups in total. The average Bonchev–Trinajstić information content (AvgIpc) is 3.52. The highest BCUT2D eigenvalue weighted by Crippen LogP contribution is 2.32. The molecule has 6 rings (SSSR count). The Balaban J connectivity index is 1.10. The first-order valence-corrected chi connectivity index (χ1v) is 14.0. The number of fused-ring (bicyclic) bond motifs is 2. The molecule has 9 nitrogen and oxygen atoms in total. The Morgan fingerprint density at radius 3 is 2.46 bits per heavy atom. The van der Waals surface area contributed by atoms with Gasteiger partial charge in [0, 0.05) is 34.8 Å². The van der Waals surface area contributed by atoms with Crippen molar-refractivity contribution in [2.45, 2.75) is 12.8 Å². The summed E-state index contributed by atoms with van der Waals surface area (Å²) < 4.78 is 16.9. The van der Waals surface area contributed by atoms with Crippen LogP contribution in [0.3, 0.4) is 0 Å². The number of carbonyl (C=O) groups excluding carboxylic acids is 2. The lowest BCUT2D eigenvalue weighted by atomic mass is 10.1. The molecule has 2 aliphatic rings. The molecule has 0 radical (unpaired) electrons. The molecule has 2 aliphatic heterocycles. The maximum Gasteiger partial charge on any atom is 0.255 e. The van der Waals surface area contributed by atoms with E-state index in [2.05, 4.69) is 20.5 Å². The molecule has 0 atom stereocenters. The molecule has 1 fully saturated rings. The fourth-order valence-corrected chi connectivity index (χ4v) is 5.06. The number of hydrogen-bond acceptors (Lipinski definition) is 7. The van der Waals surface area contributed by atoms with Crippen molar-refractivity contribution >= 4 is 45.7 Å². The van der Waals surface area contributed by atoms with Gasteiger partial charge in [0.2, 0.25) is 5.88 Å². The monoisotopic (exact) mass is 572 g/mol. The summed E-state index contributed by atoms with van der Waals surface area (Å²) in [5.74, 6) is 1.03. The van der Waals surface area contributed by atoms with Crippen LogP contribution in [0, 0.1) is 0 Å². The number of likely N-dealkylation sites (tertiary alicyclic amines) is 1. The first kappa shape index (κ1) is 26.9. The summed E-state index contributed by atoms with van der Waals surface area (Å²) in [6, 6.07) is 18.9. The molecule has 3 heterocycles. The standard InChI is InChI=1S/C31H29ClN4O5/c32-24-7-6-23(33-30(37)22-4-9-27-28(18-22)40-16-15-39-27)19-26(24)35-31(38)21-3-8-25-20(17-21)5-10-29(34-25)41-14-13-36-11-1-2-12-36/h3-10,17-19H,1-2,11-16H2,(H,33,37)(H,35,38). The summed E-state index contributed by atoms with van der Waals surface area (Å²) in [6.45, 7) is 4.65. The third-order valence-corrected chi connectivity index (χ3v) is 7.39. The lowest BCUT2D eigenvalue weighted by molar-refractivity contribution is 0.101. The van der Waals surface area contributed by atoms with Crippen LogP contribution in [0.25, 0.3) is 10.9 Å². The largest absolute Gasteiger partial charge is 0.486 e. The Labute approximate surface area is 242 Å². The molecule has 3 aromatic carbocycles. The predicted octanol–water partition coefficient (Wildman–Crippen LogP) is 5.64. The fraction of sp³-hybridized carbons (Fsp3) is 0.258. The Hall–Kier alpha value is -4.34. The van der Waals surface area contributed by atoms with Crippen molar-refractivity contribution in [3.63, 3.8) is 0 Å². The molecule has 4 aromatic rings. The maximum absolute atomic E-state index is 13.1. The zero-order chi connectivity index (χ0) is 28.2. The van der Waals surface area contributed by atoms with Crippen LogP contribution in [0.5, 0.6) is 17.4 Å². The molecule has 1 aromatic heterocycles. The Morgan fingerprint density at radius 2 is 1.61 bits per heavy atom. The predicted molar refractivity (Wildman–Crippen MR) is 158 cm³/mol. The minimum absolute atomic E-state index is 0.331. The van der Waals surface area contributed by atoms with Gasteiger partial charge in [0.1, 0.15) is 19.8 Å². The average molecular weight is 573 g/mol. The number of anilines is 2. The van der Waals surface area contributed by atoms with Gasteiger partial charge in [0.25, 0.3) is 11.8 Å². The third-order valence-electron chi connectivity index (χ3n) is 7.06. The fourth-order valence-electron chi connectivity index (χ4n) is 4.90. The minimum Gasteiger partial charge on any atom is -0.486 e. The summed E-state index contributed by atoms with van der Waals surface area (Å²) in [5.41, 5.74) is 2.45. The molecule has 41 heavy (non-hydrogen) atoms. The molecule has 2 amide bonds. The molecule has 0 bridgehead atoms. The molecule has 0 saturated carbocycles. The highest BCUT2D eigenvalue weighted by atomic mass is 35.5. The van der Waals surface area contributed by atoms with Gasteiger partial charge in [0.15, 0.2) is 11.5 Å². The van der Waals surface area contributed by atoms with Crippen molar-refractivity contribution in [2.24, 2.45) is 0 Å². The van der Waals surface area contributed by atoms with Crippen molar-refractivity contribution < 1.29 is 23.8 Å². The normalized spacial score (nSPS) is 14.6. The lowest BCUT2D eigenvalue weighted by Crippen LogP contribution is -2.25. The SMILES string of the molecule is O=C(Nc1ccc(Cl)c(NC(=O)c2ccc3nc(OCCN4CCCC4)ccc3c2)c1)c1ccc2c(c1)OCCO2. The van der Waals surface area contributed by atoms with Crippen LogP contribution in [-0.4, -0.2) is 61.2 Å². The van der Waals surface area contributed by atoms with Crippen molar-refractivity contribution in [3.8, 4) is 17.4 Å². The van der Waals surface area contributed by atoms with Gasteiger partial charge < -0.3 is 24.8 Å². The number of hydrogen-bond donors (Lipinski definition) is 2. The van der Waals surface area contributed by atoms with E-state index in [4.69, 9.17) is 25.8 Å². The van der Waals surface area contributed by atoms with Gasteiger partial charge >= 0.3 is 0 Å². The topological polar surface area (TPSA) is 102 Å². The molecule has 0 aliphatic carbocycles. The van der Waals surface area contributed by atoms with E-state index >= 15 is 0 Å². The molecule has 210 valence electrons. The van der Waals surface area contributed by atoms with E-state index in [0.717, 1.165) is 30.5 Å². The quantitative estimate of drug-likeness (QED) is 0.282. The van der Waals surface area contributed by atoms with Crippen LogP contribution in [0.4, 0.5) is 11.4 Å². The number of pyridine rings is 1. The second-order valence-electron chi connectivity index (χ2n) is 9.92. The van der Waals surface area contributed by atoms with Gasteiger partial charge in [-0.1, -0.05) is 11.6 Å². The minimum atomic E-state index is -0.338. The number of amides is 2. The second-order valence-corrected chi connectivity index (χ2v) is 10.3. The van der Waals surface area contributed by atoms with Gasteiger partial charge in [-0.15, -0.1) is 0 Å². The van der Waals surface area contributed by atoms with Gasteiger partial charge in [-0.25, -0.2) is 4.98 Å². The molecule has 0 unspecified atom stereocenters. The number of aromatic nitrogens is 1. The van der Waals surface area contributed by atoms with Crippen molar-refractivity contribution in [3.05, 3.63) is 82.9 Å². The van der Waals surface area contributed by atoms with Crippen molar-refractivity contribution in [1.29, 1.82) is 0 Å². The van der Waals surface area contributed by atoms with Gasteiger partial charge in [-0.3, -0.25) is 14.5 Å². The van der Waals surface area contributed by atoms with E-state index in [1.165, 1.54) is 12.8 Å². The Bertz CT molecular complexity index is 1610. The zero-order valence-electron chi connectivity index (χ0n) is 22.3. The summed E-state index contributed by atoms with van der Waals surface area (Å²) in [4.78, 5) is 32.9. The molecular weight excluding hydrogens is 544 g/mol. The molecule has 10 heteroatoms. The van der Waals surface area contributed by atoms with E-state index in [0.29, 0.717) is 64.7 Å². The summed E-state index contributed by atoms with van der Waals surface area (Å²) in [7, 11) is 0. The summed E-state index contributed by atoms with van der Waals surface area (Å²) >= 11 is 6.37. The van der Waals surface area contributed by atoms with Gasteiger partial charge in [-0.05, 0) is 86.6 Å². The highest BCUT2D eigenvalue weighted by Gasteiger charge is 2.17. The van der Waals surface area contributed by atoms with Crippen molar-refractivity contribution in [2.75, 3.05) is 50.1 Å². The highest BCUT2D eigenvalue weighted by molar-refractivity contribution is 6.34. The summed E-state index contributed by atoms with van der Waals surface area (Å²) in [6.07, 6.45) is 2.50. The Kier molecular flexibility index (Phi) is 7.89. The Morgan fingerprint density at radius 1 is 0.854 bits per heavy atom. The van der Waals surface area contributed by atoms with Gasteiger partial charge in [0.05, 0.1) is 16.2 Å². The van der Waals surface area contributed by atoms with Crippen LogP contribution in [-0.2, 0) is 0 Å². The van der Waals surface area contributed by atoms with Crippen LogP contribution < -0.4 is 24.8 Å². The van der Waals surface area contributed by atoms with Crippen LogP contribution in [0.2, 0.25) is 5.02 Å². The maximum atomic E-state index is 13.1. The van der Waals surface area contributed by atoms with Crippen molar-refractivity contribution in [1.82, 2.24) is 9.88 Å². The van der Waals surface area contributed by atoms with E-state index in [1.807, 2.05) is 12.1 Å². The first-order valence-electron chi connectivity index (χ1n) is 13.6.